The number of halogens is 1. The van der Waals surface area contributed by atoms with E-state index in [9.17, 15) is 4.39 Å². The molecule has 5 rings (SSSR count). The molecule has 0 spiro atoms. The maximum Gasteiger partial charge on any atom is 0.182 e. The van der Waals surface area contributed by atoms with Crippen LogP contribution in [0.15, 0.2) is 60.0 Å². The third kappa shape index (κ3) is 2.92. The smallest absolute Gasteiger partial charge is 0.182 e. The molecule has 3 aromatic heterocycles. The number of nitrogens with one attached hydrogen (secondary N) is 1. The molecule has 0 aliphatic carbocycles. The highest BCUT2D eigenvalue weighted by Gasteiger charge is 2.40. The minimum atomic E-state index is -1.42. The molecule has 0 saturated carbocycles. The highest BCUT2D eigenvalue weighted by atomic mass is 32.2. The van der Waals surface area contributed by atoms with Gasteiger partial charge >= 0.3 is 0 Å². The number of nitrogens with zero attached hydrogens (tertiary/aromatic N) is 5. The van der Waals surface area contributed by atoms with Gasteiger partial charge in [-0.1, -0.05) is 12.1 Å². The third-order valence-electron chi connectivity index (χ3n) is 4.76. The summed E-state index contributed by atoms with van der Waals surface area (Å²) in [5.74, 6) is 0.571. The van der Waals surface area contributed by atoms with Crippen LogP contribution in [-0.4, -0.2) is 37.8 Å². The lowest BCUT2D eigenvalue weighted by Gasteiger charge is -2.34. The van der Waals surface area contributed by atoms with Crippen molar-refractivity contribution in [3.05, 3.63) is 60.7 Å². The van der Waals surface area contributed by atoms with Crippen LogP contribution in [0.1, 0.15) is 5.56 Å². The van der Waals surface area contributed by atoms with Crippen molar-refractivity contribution in [1.29, 1.82) is 0 Å². The van der Waals surface area contributed by atoms with Gasteiger partial charge in [0.05, 0.1) is 41.7 Å². The molecule has 1 aliphatic heterocycles. The van der Waals surface area contributed by atoms with Crippen LogP contribution >= 0.6 is 11.9 Å². The average Bonchev–Trinajstić information content (AvgIpc) is 3.32. The number of rotatable bonds is 5. The zero-order valence-electron chi connectivity index (χ0n) is 15.0. The van der Waals surface area contributed by atoms with E-state index in [1.807, 2.05) is 42.3 Å². The van der Waals surface area contributed by atoms with Crippen molar-refractivity contribution < 1.29 is 9.13 Å². The van der Waals surface area contributed by atoms with Crippen molar-refractivity contribution >= 4 is 28.5 Å². The first-order valence-electron chi connectivity index (χ1n) is 8.74. The van der Waals surface area contributed by atoms with Gasteiger partial charge in [0.15, 0.2) is 11.5 Å². The largest absolute Gasteiger partial charge is 0.374 e. The molecule has 142 valence electrons. The summed E-state index contributed by atoms with van der Waals surface area (Å²) in [5.41, 5.74) is 1.15. The second-order valence-electron chi connectivity index (χ2n) is 6.70. The number of fused-ring (bicyclic) bond motifs is 1. The first-order chi connectivity index (χ1) is 13.6. The van der Waals surface area contributed by atoms with E-state index in [0.29, 0.717) is 11.4 Å². The number of anilines is 1. The molecule has 28 heavy (non-hydrogen) atoms. The first kappa shape index (κ1) is 17.2. The quantitative estimate of drug-likeness (QED) is 0.521. The van der Waals surface area contributed by atoms with E-state index in [4.69, 9.17) is 4.74 Å². The van der Waals surface area contributed by atoms with E-state index in [1.165, 1.54) is 11.9 Å². The van der Waals surface area contributed by atoms with Gasteiger partial charge in [0, 0.05) is 24.8 Å². The summed E-state index contributed by atoms with van der Waals surface area (Å²) in [4.78, 5) is 5.22. The van der Waals surface area contributed by atoms with Crippen LogP contribution in [0, 0.1) is 0 Å². The molecule has 1 N–H and O–H groups in total. The van der Waals surface area contributed by atoms with Crippen LogP contribution in [0.2, 0.25) is 0 Å². The molecule has 4 aromatic rings. The minimum Gasteiger partial charge on any atom is -0.374 e. The second-order valence-corrected chi connectivity index (χ2v) is 7.58. The maximum atomic E-state index is 14.6. The molecule has 0 unspecified atom stereocenters. The lowest BCUT2D eigenvalue weighted by atomic mass is 9.95. The fourth-order valence-corrected chi connectivity index (χ4v) is 3.83. The zero-order valence-corrected chi connectivity index (χ0v) is 15.9. The van der Waals surface area contributed by atoms with Gasteiger partial charge < -0.3 is 9.46 Å². The number of pyridine rings is 1. The molecule has 0 radical (unpaired) electrons. The fraction of sp³-hybridized carbons (Fsp3) is 0.211. The van der Waals surface area contributed by atoms with E-state index < -0.39 is 5.67 Å². The van der Waals surface area contributed by atoms with Gasteiger partial charge in [-0.25, -0.2) is 14.1 Å². The molecule has 1 aliphatic rings. The zero-order chi connectivity index (χ0) is 19.1. The summed E-state index contributed by atoms with van der Waals surface area (Å²) in [5, 5.41) is 9.73. The number of aromatic nitrogens is 5. The van der Waals surface area contributed by atoms with E-state index in [1.54, 1.807) is 29.2 Å². The topological polar surface area (TPSA) is 69.8 Å². The Hall–Kier alpha value is -2.91. The van der Waals surface area contributed by atoms with Crippen LogP contribution in [0.5, 0.6) is 0 Å². The number of hydrogen-bond donors (Lipinski definition) is 1. The van der Waals surface area contributed by atoms with Gasteiger partial charge in [-0.15, -0.1) is 0 Å². The van der Waals surface area contributed by atoms with Crippen LogP contribution in [0.25, 0.3) is 16.7 Å². The van der Waals surface area contributed by atoms with E-state index >= 15 is 0 Å². The number of alkyl halides is 1. The Kier molecular flexibility index (Phi) is 4.06. The van der Waals surface area contributed by atoms with E-state index in [0.717, 1.165) is 21.5 Å². The van der Waals surface area contributed by atoms with Gasteiger partial charge in [-0.2, -0.15) is 10.2 Å². The Bertz CT molecular complexity index is 1150. The Morgan fingerprint density at radius 3 is 2.93 bits per heavy atom. The monoisotopic (exact) mass is 396 g/mol. The number of ether oxygens (including phenoxy) is 1. The standard InChI is InChI=1S/C19H17FN6OS/c1-25-18-13(8-22-25)3-2-4-16(18)24-28-15-9-23-26(10-15)17-7-14(5-6-21-17)19(20)11-27-12-19/h2-10,24H,11-12H2,1H3. The molecule has 1 fully saturated rings. The molecule has 4 heterocycles. The highest BCUT2D eigenvalue weighted by molar-refractivity contribution is 8.00. The Morgan fingerprint density at radius 2 is 2.11 bits per heavy atom. The highest BCUT2D eigenvalue weighted by Crippen LogP contribution is 2.34. The summed E-state index contributed by atoms with van der Waals surface area (Å²) in [6, 6.07) is 9.42. The SMILES string of the molecule is Cn1ncc2cccc(NSc3cnn(-c4cc(C5(F)COC5)ccn4)c3)c21. The molecule has 7 nitrogen and oxygen atoms in total. The molecular weight excluding hydrogens is 379 g/mol. The Balaban J connectivity index is 1.35. The van der Waals surface area contributed by atoms with Crippen molar-refractivity contribution in [2.45, 2.75) is 10.6 Å². The van der Waals surface area contributed by atoms with Gasteiger partial charge in [0.25, 0.3) is 0 Å². The molecule has 0 atom stereocenters. The summed E-state index contributed by atoms with van der Waals surface area (Å²) in [7, 11) is 1.92. The molecule has 0 bridgehead atoms. The molecule has 1 saturated heterocycles. The summed E-state index contributed by atoms with van der Waals surface area (Å²) >= 11 is 1.45. The van der Waals surface area contributed by atoms with Gasteiger partial charge in [0.2, 0.25) is 0 Å². The van der Waals surface area contributed by atoms with Crippen LogP contribution < -0.4 is 4.72 Å². The molecule has 1 aromatic carbocycles. The molecular formula is C19H17FN6OS. The average molecular weight is 396 g/mol. The predicted octanol–water partition coefficient (Wildman–Crippen LogP) is 3.47. The molecule has 9 heteroatoms. The number of benzene rings is 1. The summed E-state index contributed by atoms with van der Waals surface area (Å²) in [6.45, 7) is 0.167. The predicted molar refractivity (Wildman–Crippen MR) is 105 cm³/mol. The lowest BCUT2D eigenvalue weighted by molar-refractivity contribution is -0.135. The summed E-state index contributed by atoms with van der Waals surface area (Å²) in [6.07, 6.45) is 7.04. The van der Waals surface area contributed by atoms with Crippen molar-refractivity contribution in [3.8, 4) is 5.82 Å². The fourth-order valence-electron chi connectivity index (χ4n) is 3.18. The van der Waals surface area contributed by atoms with Gasteiger partial charge in [-0.3, -0.25) is 4.68 Å². The summed E-state index contributed by atoms with van der Waals surface area (Å²) < 4.78 is 26.4. The first-order valence-corrected chi connectivity index (χ1v) is 9.56. The van der Waals surface area contributed by atoms with E-state index in [-0.39, 0.29) is 13.2 Å². The van der Waals surface area contributed by atoms with Crippen molar-refractivity contribution in [2.24, 2.45) is 7.05 Å². The minimum absolute atomic E-state index is 0.0835. The van der Waals surface area contributed by atoms with Crippen molar-refractivity contribution in [3.63, 3.8) is 0 Å². The van der Waals surface area contributed by atoms with Crippen LogP contribution in [0.4, 0.5) is 10.1 Å². The third-order valence-corrected chi connectivity index (χ3v) is 5.53. The van der Waals surface area contributed by atoms with E-state index in [2.05, 4.69) is 19.9 Å². The van der Waals surface area contributed by atoms with Gasteiger partial charge in [0.1, 0.15) is 0 Å². The van der Waals surface area contributed by atoms with Crippen molar-refractivity contribution in [1.82, 2.24) is 24.5 Å². The maximum absolute atomic E-state index is 14.6. The van der Waals surface area contributed by atoms with Crippen molar-refractivity contribution in [2.75, 3.05) is 17.9 Å². The normalized spacial score (nSPS) is 15.5. The van der Waals surface area contributed by atoms with Gasteiger partial charge in [-0.05, 0) is 35.7 Å². The number of para-hydroxylation sites is 1. The van der Waals surface area contributed by atoms with Crippen LogP contribution in [-0.2, 0) is 17.5 Å². The second kappa shape index (κ2) is 6.61. The number of hydrogen-bond acceptors (Lipinski definition) is 6. The Labute approximate surface area is 164 Å². The lowest BCUT2D eigenvalue weighted by Crippen LogP contribution is -2.42. The number of aryl methyl sites for hydroxylation is 1. The van der Waals surface area contributed by atoms with Crippen LogP contribution in [0.3, 0.4) is 0 Å². The Morgan fingerprint density at radius 1 is 1.21 bits per heavy atom. The molecule has 0 amide bonds.